The van der Waals surface area contributed by atoms with Crippen LogP contribution in [0.4, 0.5) is 0 Å². The van der Waals surface area contributed by atoms with Crippen LogP contribution in [-0.4, -0.2) is 15.0 Å². The van der Waals surface area contributed by atoms with Crippen molar-refractivity contribution >= 4 is 54.6 Å². The zero-order chi connectivity index (χ0) is 31.6. The molecule has 0 saturated carbocycles. The van der Waals surface area contributed by atoms with Gasteiger partial charge in [-0.1, -0.05) is 109 Å². The average Bonchev–Trinajstić information content (AvgIpc) is 3.73. The summed E-state index contributed by atoms with van der Waals surface area (Å²) >= 11 is 0. The van der Waals surface area contributed by atoms with E-state index in [9.17, 15) is 0 Å². The van der Waals surface area contributed by atoms with Gasteiger partial charge in [-0.15, -0.1) is 0 Å². The molecule has 0 radical (unpaired) electrons. The summed E-state index contributed by atoms with van der Waals surface area (Å²) in [5.74, 6) is 1.84. The van der Waals surface area contributed by atoms with Crippen molar-refractivity contribution in [1.82, 2.24) is 15.0 Å². The van der Waals surface area contributed by atoms with Gasteiger partial charge in [-0.2, -0.15) is 0 Å². The molecule has 224 valence electrons. The van der Waals surface area contributed by atoms with Crippen molar-refractivity contribution in [3.8, 4) is 45.3 Å². The van der Waals surface area contributed by atoms with Crippen molar-refractivity contribution in [2.45, 2.75) is 0 Å². The maximum atomic E-state index is 6.16. The molecule has 10 aromatic rings. The first-order valence-corrected chi connectivity index (χ1v) is 15.9. The van der Waals surface area contributed by atoms with Crippen LogP contribution in [-0.2, 0) is 0 Å². The highest BCUT2D eigenvalue weighted by Gasteiger charge is 2.16. The highest BCUT2D eigenvalue weighted by Crippen LogP contribution is 2.38. The Morgan fingerprint density at radius 2 is 0.875 bits per heavy atom. The van der Waals surface area contributed by atoms with Crippen LogP contribution < -0.4 is 0 Å². The first-order valence-electron chi connectivity index (χ1n) is 15.9. The lowest BCUT2D eigenvalue weighted by molar-refractivity contribution is 0.668. The highest BCUT2D eigenvalue weighted by atomic mass is 16.3. The van der Waals surface area contributed by atoms with E-state index in [1.165, 1.54) is 5.39 Å². The molecule has 0 bridgehead atoms. The third-order valence-corrected chi connectivity index (χ3v) is 9.13. The lowest BCUT2D eigenvalue weighted by atomic mass is 9.98. The molecular formula is C43H25N3O2. The summed E-state index contributed by atoms with van der Waals surface area (Å²) < 4.78 is 12.3. The molecule has 0 spiro atoms. The molecule has 0 amide bonds. The topological polar surface area (TPSA) is 65.0 Å². The molecular weight excluding hydrogens is 590 g/mol. The Morgan fingerprint density at radius 3 is 1.69 bits per heavy atom. The Morgan fingerprint density at radius 1 is 0.333 bits per heavy atom. The number of fused-ring (bicyclic) bond motifs is 7. The maximum Gasteiger partial charge on any atom is 0.164 e. The van der Waals surface area contributed by atoms with Gasteiger partial charge >= 0.3 is 0 Å². The number of benzene rings is 7. The Labute approximate surface area is 274 Å². The molecule has 0 fully saturated rings. The van der Waals surface area contributed by atoms with Gasteiger partial charge in [-0.05, 0) is 64.4 Å². The van der Waals surface area contributed by atoms with Gasteiger partial charge in [0.1, 0.15) is 22.3 Å². The molecule has 0 aliphatic heterocycles. The second-order valence-electron chi connectivity index (χ2n) is 12.0. The SMILES string of the molecule is c1ccc2cc(-c3nc(-c4ccc(-c5cccc6oc7ccccc7c56)cc4)nc(-c4ccc5oc6ccccc6c5c4)n3)ccc2c1. The number of aromatic nitrogens is 3. The molecule has 0 aliphatic carbocycles. The molecule has 0 unspecified atom stereocenters. The maximum absolute atomic E-state index is 6.16. The van der Waals surface area contributed by atoms with Crippen LogP contribution in [0, 0.1) is 0 Å². The number of nitrogens with zero attached hydrogens (tertiary/aromatic N) is 3. The molecule has 3 heterocycles. The van der Waals surface area contributed by atoms with Crippen molar-refractivity contribution in [2.75, 3.05) is 0 Å². The predicted molar refractivity (Wildman–Crippen MR) is 194 cm³/mol. The predicted octanol–water partition coefficient (Wildman–Crippen LogP) is 11.5. The minimum atomic E-state index is 0.606. The number of hydrogen-bond donors (Lipinski definition) is 0. The smallest absolute Gasteiger partial charge is 0.164 e. The fourth-order valence-corrected chi connectivity index (χ4v) is 6.77. The largest absolute Gasteiger partial charge is 0.456 e. The van der Waals surface area contributed by atoms with Crippen LogP contribution in [0.15, 0.2) is 160 Å². The molecule has 7 aromatic carbocycles. The molecule has 0 aliphatic rings. The molecule has 0 atom stereocenters. The minimum absolute atomic E-state index is 0.606. The second-order valence-corrected chi connectivity index (χ2v) is 12.0. The Kier molecular flexibility index (Phi) is 5.81. The number of hydrogen-bond acceptors (Lipinski definition) is 5. The van der Waals surface area contributed by atoms with E-state index in [1.54, 1.807) is 0 Å². The summed E-state index contributed by atoms with van der Waals surface area (Å²) in [5, 5.41) is 6.62. The van der Waals surface area contributed by atoms with Crippen LogP contribution in [0.25, 0.3) is 99.9 Å². The molecule has 0 saturated heterocycles. The van der Waals surface area contributed by atoms with Gasteiger partial charge in [0.25, 0.3) is 0 Å². The normalized spacial score (nSPS) is 11.8. The van der Waals surface area contributed by atoms with Crippen LogP contribution in [0.1, 0.15) is 0 Å². The lowest BCUT2D eigenvalue weighted by Crippen LogP contribution is -2.00. The summed E-state index contributed by atoms with van der Waals surface area (Å²) in [7, 11) is 0. The van der Waals surface area contributed by atoms with Gasteiger partial charge in [-0.3, -0.25) is 0 Å². The Balaban J connectivity index is 1.13. The van der Waals surface area contributed by atoms with Gasteiger partial charge in [-0.25, -0.2) is 15.0 Å². The third-order valence-electron chi connectivity index (χ3n) is 9.13. The van der Waals surface area contributed by atoms with Crippen molar-refractivity contribution in [1.29, 1.82) is 0 Å². The summed E-state index contributed by atoms with van der Waals surface area (Å²) in [5.41, 5.74) is 8.41. The molecule has 5 nitrogen and oxygen atoms in total. The van der Waals surface area contributed by atoms with E-state index in [2.05, 4.69) is 97.1 Å². The second kappa shape index (κ2) is 10.5. The van der Waals surface area contributed by atoms with Crippen LogP contribution in [0.5, 0.6) is 0 Å². The van der Waals surface area contributed by atoms with Gasteiger partial charge < -0.3 is 8.83 Å². The van der Waals surface area contributed by atoms with Crippen molar-refractivity contribution < 1.29 is 8.83 Å². The fourth-order valence-electron chi connectivity index (χ4n) is 6.77. The zero-order valence-electron chi connectivity index (χ0n) is 25.6. The summed E-state index contributed by atoms with van der Waals surface area (Å²) in [4.78, 5) is 15.1. The summed E-state index contributed by atoms with van der Waals surface area (Å²) in [6, 6.07) is 51.7. The van der Waals surface area contributed by atoms with E-state index in [0.29, 0.717) is 17.5 Å². The zero-order valence-corrected chi connectivity index (χ0v) is 25.6. The monoisotopic (exact) mass is 615 g/mol. The Hall–Kier alpha value is -6.59. The van der Waals surface area contributed by atoms with E-state index in [1.807, 2.05) is 54.6 Å². The minimum Gasteiger partial charge on any atom is -0.456 e. The van der Waals surface area contributed by atoms with E-state index >= 15 is 0 Å². The van der Waals surface area contributed by atoms with E-state index in [0.717, 1.165) is 77.1 Å². The summed E-state index contributed by atoms with van der Waals surface area (Å²) in [6.45, 7) is 0. The van der Waals surface area contributed by atoms with Gasteiger partial charge in [0, 0.05) is 38.2 Å². The van der Waals surface area contributed by atoms with Gasteiger partial charge in [0.05, 0.1) is 0 Å². The average molecular weight is 616 g/mol. The molecule has 10 rings (SSSR count). The van der Waals surface area contributed by atoms with Gasteiger partial charge in [0.15, 0.2) is 17.5 Å². The fraction of sp³-hybridized carbons (Fsp3) is 0. The third kappa shape index (κ3) is 4.29. The molecule has 0 N–H and O–H groups in total. The standard InChI is InChI=1S/C43H25N3O2/c1-2-9-29-24-30(21-16-26(29)8-1)42-44-41(45-43(46-42)31-22-23-38-35(25-31)33-10-3-5-13-36(33)47-38)28-19-17-27(18-20-28)32-12-7-15-39-40(32)34-11-4-6-14-37(34)48-39/h1-25H. The lowest BCUT2D eigenvalue weighted by Gasteiger charge is -2.10. The van der Waals surface area contributed by atoms with Crippen molar-refractivity contribution in [3.63, 3.8) is 0 Å². The van der Waals surface area contributed by atoms with E-state index in [4.69, 9.17) is 23.8 Å². The first-order chi connectivity index (χ1) is 23.7. The van der Waals surface area contributed by atoms with E-state index in [-0.39, 0.29) is 0 Å². The van der Waals surface area contributed by atoms with Crippen molar-refractivity contribution in [2.24, 2.45) is 0 Å². The number of rotatable bonds is 4. The quantitative estimate of drug-likeness (QED) is 0.197. The van der Waals surface area contributed by atoms with Gasteiger partial charge in [0.2, 0.25) is 0 Å². The molecule has 3 aromatic heterocycles. The van der Waals surface area contributed by atoms with Crippen LogP contribution in [0.2, 0.25) is 0 Å². The molecule has 48 heavy (non-hydrogen) atoms. The van der Waals surface area contributed by atoms with Crippen molar-refractivity contribution in [3.05, 3.63) is 152 Å². The van der Waals surface area contributed by atoms with E-state index < -0.39 is 0 Å². The van der Waals surface area contributed by atoms with Crippen LogP contribution >= 0.6 is 0 Å². The highest BCUT2D eigenvalue weighted by molar-refractivity contribution is 6.12. The number of furan rings is 2. The molecule has 5 heteroatoms. The Bertz CT molecular complexity index is 2850. The number of para-hydroxylation sites is 2. The first kappa shape index (κ1) is 26.6. The summed E-state index contributed by atoms with van der Waals surface area (Å²) in [6.07, 6.45) is 0. The van der Waals surface area contributed by atoms with Crippen LogP contribution in [0.3, 0.4) is 0 Å².